The van der Waals surface area contributed by atoms with Crippen molar-refractivity contribution in [1.82, 2.24) is 4.98 Å². The summed E-state index contributed by atoms with van der Waals surface area (Å²) < 4.78 is 4.96. The van der Waals surface area contributed by atoms with Crippen LogP contribution in [0.1, 0.15) is 23.0 Å². The van der Waals surface area contributed by atoms with E-state index in [-0.39, 0.29) is 0 Å². The smallest absolute Gasteiger partial charge is 0.360 e. The van der Waals surface area contributed by atoms with Gasteiger partial charge in [0.1, 0.15) is 5.00 Å². The Morgan fingerprint density at radius 3 is 3.05 bits per heavy atom. The van der Waals surface area contributed by atoms with Crippen LogP contribution in [-0.2, 0) is 4.74 Å². The first-order chi connectivity index (χ1) is 9.13. The van der Waals surface area contributed by atoms with E-state index in [0.29, 0.717) is 22.3 Å². The number of carbonyl (C=O) groups is 1. The van der Waals surface area contributed by atoms with Crippen LogP contribution in [-0.4, -0.2) is 17.6 Å². The maximum atomic E-state index is 11.7. The van der Waals surface area contributed by atoms with Crippen molar-refractivity contribution in [3.05, 3.63) is 40.0 Å². The molecule has 0 fully saturated rings. The highest BCUT2D eigenvalue weighted by Gasteiger charge is 2.16. The highest BCUT2D eigenvalue weighted by molar-refractivity contribution is 7.14. The van der Waals surface area contributed by atoms with E-state index in [1.807, 2.05) is 25.1 Å². The molecular weight excluding hydrogens is 284 g/mol. The van der Waals surface area contributed by atoms with Gasteiger partial charge in [-0.1, -0.05) is 17.7 Å². The molecule has 0 aliphatic carbocycles. The molecule has 0 radical (unpaired) electrons. The van der Waals surface area contributed by atoms with Crippen LogP contribution in [0.25, 0.3) is 0 Å². The summed E-state index contributed by atoms with van der Waals surface area (Å²) in [6, 6.07) is 5.57. The van der Waals surface area contributed by atoms with Gasteiger partial charge in [0.15, 0.2) is 5.69 Å². The van der Waals surface area contributed by atoms with Crippen molar-refractivity contribution >= 4 is 39.6 Å². The average molecular weight is 297 g/mol. The SMILES string of the molecule is CCOC(=O)c1ncsc1Nc1cccc(Cl)c1C. The molecule has 1 heterocycles. The second-order valence-electron chi connectivity index (χ2n) is 3.79. The number of carbonyl (C=O) groups excluding carboxylic acids is 1. The van der Waals surface area contributed by atoms with Gasteiger partial charge in [-0.05, 0) is 31.5 Å². The molecule has 19 heavy (non-hydrogen) atoms. The van der Waals surface area contributed by atoms with Gasteiger partial charge in [-0.15, -0.1) is 11.3 Å². The molecule has 2 rings (SSSR count). The van der Waals surface area contributed by atoms with Crippen LogP contribution in [0.15, 0.2) is 23.7 Å². The van der Waals surface area contributed by atoms with Crippen LogP contribution in [0, 0.1) is 6.92 Å². The zero-order chi connectivity index (χ0) is 13.8. The van der Waals surface area contributed by atoms with Gasteiger partial charge in [-0.2, -0.15) is 0 Å². The highest BCUT2D eigenvalue weighted by atomic mass is 35.5. The Balaban J connectivity index is 2.27. The Bertz CT molecular complexity index is 598. The summed E-state index contributed by atoms with van der Waals surface area (Å²) in [6.45, 7) is 4.00. The van der Waals surface area contributed by atoms with Gasteiger partial charge in [0.25, 0.3) is 0 Å². The van der Waals surface area contributed by atoms with Crippen LogP contribution in [0.4, 0.5) is 10.7 Å². The maximum absolute atomic E-state index is 11.7. The predicted molar refractivity (Wildman–Crippen MR) is 77.5 cm³/mol. The molecular formula is C13H13ClN2O2S. The monoisotopic (exact) mass is 296 g/mol. The lowest BCUT2D eigenvalue weighted by atomic mass is 10.2. The minimum atomic E-state index is -0.425. The number of anilines is 2. The average Bonchev–Trinajstić information content (AvgIpc) is 2.83. The number of nitrogens with one attached hydrogen (secondary N) is 1. The van der Waals surface area contributed by atoms with Crippen LogP contribution < -0.4 is 5.32 Å². The Morgan fingerprint density at radius 2 is 2.32 bits per heavy atom. The van der Waals surface area contributed by atoms with E-state index < -0.39 is 5.97 Å². The lowest BCUT2D eigenvalue weighted by molar-refractivity contribution is 0.0521. The van der Waals surface area contributed by atoms with Crippen LogP contribution in [0.2, 0.25) is 5.02 Å². The third-order valence-corrected chi connectivity index (χ3v) is 3.70. The van der Waals surface area contributed by atoms with Gasteiger partial charge in [-0.25, -0.2) is 9.78 Å². The number of esters is 1. The van der Waals surface area contributed by atoms with Crippen molar-refractivity contribution in [2.45, 2.75) is 13.8 Å². The van der Waals surface area contributed by atoms with Crippen molar-refractivity contribution < 1.29 is 9.53 Å². The summed E-state index contributed by atoms with van der Waals surface area (Å²) >= 11 is 7.41. The first-order valence-electron chi connectivity index (χ1n) is 5.76. The summed E-state index contributed by atoms with van der Waals surface area (Å²) in [5.74, 6) is -0.425. The number of halogens is 1. The number of hydrogen-bond donors (Lipinski definition) is 1. The summed E-state index contributed by atoms with van der Waals surface area (Å²) in [5, 5.41) is 4.50. The Labute approximate surface area is 120 Å². The number of rotatable bonds is 4. The van der Waals surface area contributed by atoms with E-state index in [4.69, 9.17) is 16.3 Å². The summed E-state index contributed by atoms with van der Waals surface area (Å²) in [5.41, 5.74) is 3.68. The molecule has 4 nitrogen and oxygen atoms in total. The molecule has 0 aliphatic rings. The molecule has 0 spiro atoms. The van der Waals surface area contributed by atoms with Gasteiger partial charge in [-0.3, -0.25) is 0 Å². The molecule has 1 aromatic carbocycles. The van der Waals surface area contributed by atoms with Crippen molar-refractivity contribution in [3.8, 4) is 0 Å². The minimum absolute atomic E-state index is 0.297. The molecule has 0 saturated heterocycles. The molecule has 0 amide bonds. The largest absolute Gasteiger partial charge is 0.461 e. The van der Waals surface area contributed by atoms with Crippen molar-refractivity contribution in [2.24, 2.45) is 0 Å². The first kappa shape index (κ1) is 13.8. The van der Waals surface area contributed by atoms with Gasteiger partial charge >= 0.3 is 5.97 Å². The fraction of sp³-hybridized carbons (Fsp3) is 0.231. The molecule has 1 N–H and O–H groups in total. The lowest BCUT2D eigenvalue weighted by Crippen LogP contribution is -2.07. The highest BCUT2D eigenvalue weighted by Crippen LogP contribution is 2.30. The normalized spacial score (nSPS) is 10.3. The van der Waals surface area contributed by atoms with E-state index in [1.165, 1.54) is 11.3 Å². The van der Waals surface area contributed by atoms with Gasteiger partial charge in [0.05, 0.1) is 12.1 Å². The second-order valence-corrected chi connectivity index (χ2v) is 5.05. The van der Waals surface area contributed by atoms with Crippen LogP contribution >= 0.6 is 22.9 Å². The molecule has 1 aromatic heterocycles. The third kappa shape index (κ3) is 3.05. The molecule has 6 heteroatoms. The molecule has 0 aliphatic heterocycles. The number of nitrogens with zero attached hydrogens (tertiary/aromatic N) is 1. The van der Waals surface area contributed by atoms with Crippen LogP contribution in [0.3, 0.4) is 0 Å². The number of thiazole rings is 1. The minimum Gasteiger partial charge on any atom is -0.461 e. The molecule has 100 valence electrons. The number of aromatic nitrogens is 1. The van der Waals surface area contributed by atoms with Crippen molar-refractivity contribution in [1.29, 1.82) is 0 Å². The zero-order valence-electron chi connectivity index (χ0n) is 10.6. The van der Waals surface area contributed by atoms with Gasteiger partial charge in [0, 0.05) is 10.7 Å². The predicted octanol–water partition coefficient (Wildman–Crippen LogP) is 4.03. The second kappa shape index (κ2) is 6.04. The quantitative estimate of drug-likeness (QED) is 0.866. The third-order valence-electron chi connectivity index (χ3n) is 2.55. The van der Waals surface area contributed by atoms with Gasteiger partial charge in [0.2, 0.25) is 0 Å². The van der Waals surface area contributed by atoms with E-state index in [2.05, 4.69) is 10.3 Å². The Morgan fingerprint density at radius 1 is 1.53 bits per heavy atom. The number of ether oxygens (including phenoxy) is 1. The number of hydrogen-bond acceptors (Lipinski definition) is 5. The van der Waals surface area contributed by atoms with Crippen molar-refractivity contribution in [3.63, 3.8) is 0 Å². The Hall–Kier alpha value is -1.59. The molecule has 0 bridgehead atoms. The molecule has 0 unspecified atom stereocenters. The maximum Gasteiger partial charge on any atom is 0.360 e. The Kier molecular flexibility index (Phi) is 4.39. The first-order valence-corrected chi connectivity index (χ1v) is 7.02. The van der Waals surface area contributed by atoms with E-state index in [0.717, 1.165) is 11.3 Å². The summed E-state index contributed by atoms with van der Waals surface area (Å²) in [6.07, 6.45) is 0. The topological polar surface area (TPSA) is 51.2 Å². The fourth-order valence-electron chi connectivity index (χ4n) is 1.54. The number of benzene rings is 1. The lowest BCUT2D eigenvalue weighted by Gasteiger charge is -2.09. The molecule has 2 aromatic rings. The van der Waals surface area contributed by atoms with E-state index >= 15 is 0 Å². The zero-order valence-corrected chi connectivity index (χ0v) is 12.1. The van der Waals surface area contributed by atoms with Crippen molar-refractivity contribution in [2.75, 3.05) is 11.9 Å². The van der Waals surface area contributed by atoms with Gasteiger partial charge < -0.3 is 10.1 Å². The summed E-state index contributed by atoms with van der Waals surface area (Å²) in [4.78, 5) is 15.8. The van der Waals surface area contributed by atoms with Crippen LogP contribution in [0.5, 0.6) is 0 Å². The molecule has 0 atom stereocenters. The molecule has 0 saturated carbocycles. The standard InChI is InChI=1S/C13H13ClN2O2S/c1-3-18-13(17)11-12(19-7-15-11)16-10-6-4-5-9(14)8(10)2/h4-7,16H,3H2,1-2H3. The fourth-order valence-corrected chi connectivity index (χ4v) is 2.40. The summed E-state index contributed by atoms with van der Waals surface area (Å²) in [7, 11) is 0. The van der Waals surface area contributed by atoms with E-state index in [9.17, 15) is 4.79 Å². The van der Waals surface area contributed by atoms with E-state index in [1.54, 1.807) is 12.4 Å².